The van der Waals surface area contributed by atoms with Crippen LogP contribution in [0.15, 0.2) is 41.3 Å². The van der Waals surface area contributed by atoms with Gasteiger partial charge in [0.1, 0.15) is 17.4 Å². The number of likely N-dealkylation sites (N-methyl/N-ethyl adjacent to an activating group) is 1. The molecule has 0 aromatic heterocycles. The van der Waals surface area contributed by atoms with Gasteiger partial charge in [-0.1, -0.05) is 30.0 Å². The summed E-state index contributed by atoms with van der Waals surface area (Å²) in [6.45, 7) is 2.18. The highest BCUT2D eigenvalue weighted by atomic mass is 32.2. The molecule has 1 atom stereocenters. The zero-order valence-corrected chi connectivity index (χ0v) is 20.0. The first kappa shape index (κ1) is 23.9. The molecular formula is C23H31NO5S2. The number of thioether (sulfide) groups is 1. The Labute approximate surface area is 189 Å². The van der Waals surface area contributed by atoms with Crippen molar-refractivity contribution in [1.29, 1.82) is 0 Å². The summed E-state index contributed by atoms with van der Waals surface area (Å²) in [5, 5.41) is 0. The molecule has 170 valence electrons. The Hall–Kier alpha value is -1.74. The van der Waals surface area contributed by atoms with Crippen LogP contribution in [-0.4, -0.2) is 57.3 Å². The van der Waals surface area contributed by atoms with E-state index in [0.29, 0.717) is 12.2 Å². The summed E-state index contributed by atoms with van der Waals surface area (Å²) in [5.41, 5.74) is 4.28. The van der Waals surface area contributed by atoms with E-state index in [9.17, 15) is 8.42 Å². The van der Waals surface area contributed by atoms with Gasteiger partial charge in [0.25, 0.3) is 10.1 Å². The maximum atomic E-state index is 9.19. The number of hydrogen-bond donors (Lipinski definition) is 1. The lowest BCUT2D eigenvalue weighted by atomic mass is 9.82. The molecular weight excluding hydrogens is 434 g/mol. The highest BCUT2D eigenvalue weighted by molar-refractivity contribution is 7.99. The van der Waals surface area contributed by atoms with Gasteiger partial charge in [0.15, 0.2) is 0 Å². The summed E-state index contributed by atoms with van der Waals surface area (Å²) >= 11 is 1.78. The van der Waals surface area contributed by atoms with E-state index in [-0.39, 0.29) is 0 Å². The molecule has 1 aliphatic carbocycles. The fourth-order valence-corrected chi connectivity index (χ4v) is 4.92. The molecule has 1 N–H and O–H groups in total. The third-order valence-electron chi connectivity index (χ3n) is 5.56. The molecule has 1 aliphatic heterocycles. The number of ether oxygens (including phenoxy) is 2. The average Bonchev–Trinajstić information content (AvgIpc) is 3.19. The third kappa shape index (κ3) is 7.14. The molecule has 6 nitrogen and oxygen atoms in total. The smallest absolute Gasteiger partial charge is 0.261 e. The summed E-state index contributed by atoms with van der Waals surface area (Å²) in [7, 11) is 0.359. The molecule has 0 saturated carbocycles. The molecule has 0 unspecified atom stereocenters. The van der Waals surface area contributed by atoms with Gasteiger partial charge < -0.3 is 14.4 Å². The monoisotopic (exact) mass is 465 g/mol. The van der Waals surface area contributed by atoms with Crippen molar-refractivity contribution in [1.82, 2.24) is 4.90 Å². The van der Waals surface area contributed by atoms with Crippen molar-refractivity contribution in [3.63, 3.8) is 0 Å². The molecule has 2 aromatic rings. The molecule has 2 aliphatic rings. The SMILES string of the molecule is COc1cccc2c1CCC[C@H]2CN(C)CCc1ccc2c(c1)OCS2.CS(=O)(=O)O. The van der Waals surface area contributed by atoms with E-state index >= 15 is 0 Å². The van der Waals surface area contributed by atoms with Crippen molar-refractivity contribution in [3.8, 4) is 11.5 Å². The van der Waals surface area contributed by atoms with E-state index in [1.54, 1.807) is 18.9 Å². The number of nitrogens with zero attached hydrogens (tertiary/aromatic N) is 1. The molecule has 1 heterocycles. The standard InChI is InChI=1S/C22H27NO2S.CH4O3S/c1-23(12-11-16-9-10-22-21(13-16)25-15-26-22)14-17-5-3-7-19-18(17)6-4-8-20(19)24-2;1-5(2,3)4/h4,6,8-10,13,17H,3,5,7,11-12,14-15H2,1-2H3;1H3,(H,2,3,4)/t17-;/m0./s1. The van der Waals surface area contributed by atoms with Gasteiger partial charge in [0.2, 0.25) is 0 Å². The van der Waals surface area contributed by atoms with E-state index in [0.717, 1.165) is 43.4 Å². The van der Waals surface area contributed by atoms with Gasteiger partial charge in [-0.2, -0.15) is 8.42 Å². The Kier molecular flexibility index (Phi) is 8.27. The van der Waals surface area contributed by atoms with Crippen LogP contribution in [-0.2, 0) is 23.0 Å². The summed E-state index contributed by atoms with van der Waals surface area (Å²) in [4.78, 5) is 3.75. The number of fused-ring (bicyclic) bond motifs is 2. The second kappa shape index (κ2) is 10.7. The van der Waals surface area contributed by atoms with Gasteiger partial charge in [-0.3, -0.25) is 4.55 Å². The minimum absolute atomic E-state index is 0.610. The number of hydrogen-bond acceptors (Lipinski definition) is 6. The summed E-state index contributed by atoms with van der Waals surface area (Å²) in [5.74, 6) is 3.48. The minimum Gasteiger partial charge on any atom is -0.496 e. The average molecular weight is 466 g/mol. The second-order valence-electron chi connectivity index (χ2n) is 8.05. The van der Waals surface area contributed by atoms with Crippen LogP contribution >= 0.6 is 11.8 Å². The van der Waals surface area contributed by atoms with Crippen LogP contribution in [0.3, 0.4) is 0 Å². The van der Waals surface area contributed by atoms with Crippen molar-refractivity contribution >= 4 is 21.9 Å². The van der Waals surface area contributed by atoms with Crippen LogP contribution in [0, 0.1) is 0 Å². The van der Waals surface area contributed by atoms with E-state index in [1.807, 2.05) is 0 Å². The Morgan fingerprint density at radius 2 is 2.06 bits per heavy atom. The van der Waals surface area contributed by atoms with Crippen LogP contribution in [0.1, 0.15) is 35.4 Å². The molecule has 0 fully saturated rings. The maximum absolute atomic E-state index is 9.19. The number of methoxy groups -OCH3 is 1. The fraction of sp³-hybridized carbons (Fsp3) is 0.478. The van der Waals surface area contributed by atoms with E-state index in [1.165, 1.54) is 34.4 Å². The maximum Gasteiger partial charge on any atom is 0.261 e. The van der Waals surface area contributed by atoms with Gasteiger partial charge in [0, 0.05) is 13.1 Å². The molecule has 8 heteroatoms. The van der Waals surface area contributed by atoms with Gasteiger partial charge in [-0.25, -0.2) is 0 Å². The Balaban J connectivity index is 0.000000491. The van der Waals surface area contributed by atoms with Crippen LogP contribution < -0.4 is 9.47 Å². The van der Waals surface area contributed by atoms with Gasteiger partial charge >= 0.3 is 0 Å². The van der Waals surface area contributed by atoms with Gasteiger partial charge in [-0.05, 0) is 73.5 Å². The van der Waals surface area contributed by atoms with Crippen LogP contribution in [0.2, 0.25) is 0 Å². The Bertz CT molecular complexity index is 985. The predicted octanol–water partition coefficient (Wildman–Crippen LogP) is 4.24. The summed E-state index contributed by atoms with van der Waals surface area (Å²) in [6.07, 6.45) is 5.45. The zero-order valence-electron chi connectivity index (χ0n) is 18.3. The third-order valence-corrected chi connectivity index (χ3v) is 6.44. The van der Waals surface area contributed by atoms with Gasteiger partial charge in [-0.15, -0.1) is 0 Å². The lowest BCUT2D eigenvalue weighted by Gasteiger charge is -2.30. The molecule has 4 rings (SSSR count). The molecule has 2 aromatic carbocycles. The summed E-state index contributed by atoms with van der Waals surface area (Å²) < 4.78 is 37.1. The van der Waals surface area contributed by atoms with Crippen LogP contribution in [0.25, 0.3) is 0 Å². The first-order valence-electron chi connectivity index (χ1n) is 10.4. The van der Waals surface area contributed by atoms with E-state index < -0.39 is 10.1 Å². The van der Waals surface area contributed by atoms with Gasteiger partial charge in [0.05, 0.1) is 18.3 Å². The van der Waals surface area contributed by atoms with Crippen molar-refractivity contribution in [3.05, 3.63) is 53.1 Å². The van der Waals surface area contributed by atoms with E-state index in [2.05, 4.69) is 48.3 Å². The van der Waals surface area contributed by atoms with Crippen LogP contribution in [0.5, 0.6) is 11.5 Å². The molecule has 0 saturated heterocycles. The van der Waals surface area contributed by atoms with Crippen molar-refractivity contribution < 1.29 is 22.4 Å². The fourth-order valence-electron chi connectivity index (χ4n) is 4.18. The van der Waals surface area contributed by atoms with Crippen molar-refractivity contribution in [2.24, 2.45) is 0 Å². The lowest BCUT2D eigenvalue weighted by Crippen LogP contribution is -2.28. The topological polar surface area (TPSA) is 76.1 Å². The summed E-state index contributed by atoms with van der Waals surface area (Å²) in [6, 6.07) is 13.2. The Morgan fingerprint density at radius 1 is 1.29 bits per heavy atom. The zero-order chi connectivity index (χ0) is 22.4. The molecule has 0 amide bonds. The minimum atomic E-state index is -3.67. The highest BCUT2D eigenvalue weighted by Gasteiger charge is 2.23. The highest BCUT2D eigenvalue weighted by Crippen LogP contribution is 2.38. The van der Waals surface area contributed by atoms with Crippen molar-refractivity contribution in [2.75, 3.05) is 39.4 Å². The number of benzene rings is 2. The van der Waals surface area contributed by atoms with Crippen LogP contribution in [0.4, 0.5) is 0 Å². The lowest BCUT2D eigenvalue weighted by molar-refractivity contribution is 0.299. The van der Waals surface area contributed by atoms with E-state index in [4.69, 9.17) is 14.0 Å². The second-order valence-corrected chi connectivity index (χ2v) is 10.5. The first-order valence-corrected chi connectivity index (χ1v) is 13.2. The quantitative estimate of drug-likeness (QED) is 0.640. The molecule has 0 bridgehead atoms. The number of rotatable bonds is 6. The normalized spacial score (nSPS) is 17.3. The van der Waals surface area contributed by atoms with Crippen molar-refractivity contribution in [2.45, 2.75) is 36.5 Å². The largest absolute Gasteiger partial charge is 0.496 e. The predicted molar refractivity (Wildman–Crippen MR) is 125 cm³/mol. The Morgan fingerprint density at radius 3 is 2.81 bits per heavy atom. The first-order chi connectivity index (χ1) is 14.7. The molecule has 0 radical (unpaired) electrons. The molecule has 0 spiro atoms. The molecule has 31 heavy (non-hydrogen) atoms.